The van der Waals surface area contributed by atoms with Crippen LogP contribution in [-0.4, -0.2) is 49.5 Å². The number of hydrogen-bond donors (Lipinski definition) is 2. The average Bonchev–Trinajstić information content (AvgIpc) is 2.93. The van der Waals surface area contributed by atoms with Crippen LogP contribution in [0.4, 0.5) is 0 Å². The summed E-state index contributed by atoms with van der Waals surface area (Å²) in [6, 6.07) is 7.89. The fraction of sp³-hybridized carbons (Fsp3) is 0.500. The zero-order valence-electron chi connectivity index (χ0n) is 15.1. The summed E-state index contributed by atoms with van der Waals surface area (Å²) in [6.07, 6.45) is 4.47. The molecule has 7 heteroatoms. The lowest BCUT2D eigenvalue weighted by atomic mass is 10.1. The lowest BCUT2D eigenvalue weighted by Gasteiger charge is -2.19. The van der Waals surface area contributed by atoms with E-state index < -0.39 is 10.0 Å². The zero-order valence-corrected chi connectivity index (χ0v) is 15.9. The number of amides is 1. The van der Waals surface area contributed by atoms with Crippen molar-refractivity contribution in [3.05, 3.63) is 36.0 Å². The van der Waals surface area contributed by atoms with Gasteiger partial charge < -0.3 is 10.3 Å². The number of rotatable bonds is 9. The van der Waals surface area contributed by atoms with Gasteiger partial charge in [0.15, 0.2) is 0 Å². The fourth-order valence-electron chi connectivity index (χ4n) is 2.66. The molecule has 2 N–H and O–H groups in total. The number of aromatic amines is 1. The molecule has 0 atom stereocenters. The summed E-state index contributed by atoms with van der Waals surface area (Å²) in [5.74, 6) is 0.234. The molecule has 0 aliphatic rings. The summed E-state index contributed by atoms with van der Waals surface area (Å²) in [5.41, 5.74) is 2.07. The number of nitrogens with zero attached hydrogens (tertiary/aromatic N) is 1. The first-order valence-corrected chi connectivity index (χ1v) is 10.4. The van der Waals surface area contributed by atoms with Crippen LogP contribution in [0, 0.1) is 5.92 Å². The Morgan fingerprint density at radius 3 is 2.68 bits per heavy atom. The van der Waals surface area contributed by atoms with E-state index in [9.17, 15) is 13.2 Å². The number of fused-ring (bicyclic) bond motifs is 1. The second-order valence-corrected chi connectivity index (χ2v) is 8.72. The third-order valence-electron chi connectivity index (χ3n) is 4.14. The molecule has 0 fully saturated rings. The van der Waals surface area contributed by atoms with E-state index in [2.05, 4.69) is 24.1 Å². The molecule has 0 radical (unpaired) electrons. The first-order chi connectivity index (χ1) is 11.8. The van der Waals surface area contributed by atoms with Gasteiger partial charge in [-0.25, -0.2) is 8.42 Å². The number of para-hydroxylation sites is 1. The topological polar surface area (TPSA) is 82.3 Å². The van der Waals surface area contributed by atoms with Crippen molar-refractivity contribution in [2.24, 2.45) is 5.92 Å². The van der Waals surface area contributed by atoms with Crippen LogP contribution in [0.2, 0.25) is 0 Å². The Bertz CT molecular complexity index is 812. The third kappa shape index (κ3) is 5.86. The first-order valence-electron chi connectivity index (χ1n) is 8.54. The van der Waals surface area contributed by atoms with Crippen molar-refractivity contribution in [3.8, 4) is 0 Å². The van der Waals surface area contributed by atoms with Crippen LogP contribution in [-0.2, 0) is 21.2 Å². The van der Waals surface area contributed by atoms with Gasteiger partial charge in [-0.1, -0.05) is 32.0 Å². The molecule has 0 saturated carbocycles. The highest BCUT2D eigenvalue weighted by Crippen LogP contribution is 2.18. The number of H-pyrrole nitrogens is 1. The monoisotopic (exact) mass is 365 g/mol. The van der Waals surface area contributed by atoms with E-state index in [-0.39, 0.29) is 19.0 Å². The molecule has 0 bridgehead atoms. The highest BCUT2D eigenvalue weighted by molar-refractivity contribution is 7.88. The molecule has 0 aliphatic heterocycles. The van der Waals surface area contributed by atoms with Crippen molar-refractivity contribution in [3.63, 3.8) is 0 Å². The standard InChI is InChI=1S/C18H27N3O3S/c1-14(2)8-10-19-18(22)13-21(25(3,23)24)11-9-15-12-20-17-7-5-4-6-16(15)17/h4-7,12,14,20H,8-11,13H2,1-3H3,(H,19,22). The summed E-state index contributed by atoms with van der Waals surface area (Å²) in [4.78, 5) is 15.2. The van der Waals surface area contributed by atoms with Crippen molar-refractivity contribution >= 4 is 26.8 Å². The van der Waals surface area contributed by atoms with Crippen LogP contribution in [0.1, 0.15) is 25.8 Å². The van der Waals surface area contributed by atoms with Gasteiger partial charge in [0.1, 0.15) is 0 Å². The Morgan fingerprint density at radius 1 is 1.28 bits per heavy atom. The summed E-state index contributed by atoms with van der Waals surface area (Å²) < 4.78 is 25.3. The van der Waals surface area contributed by atoms with E-state index in [1.807, 2.05) is 30.5 Å². The molecule has 0 unspecified atom stereocenters. The highest BCUT2D eigenvalue weighted by Gasteiger charge is 2.20. The molecule has 1 aromatic heterocycles. The number of carbonyl (C=O) groups is 1. The fourth-order valence-corrected chi connectivity index (χ4v) is 3.44. The van der Waals surface area contributed by atoms with Gasteiger partial charge in [-0.15, -0.1) is 0 Å². The Hall–Kier alpha value is -1.86. The predicted molar refractivity (Wildman–Crippen MR) is 101 cm³/mol. The average molecular weight is 365 g/mol. The molecule has 138 valence electrons. The largest absolute Gasteiger partial charge is 0.361 e. The molecule has 0 aliphatic carbocycles. The quantitative estimate of drug-likeness (QED) is 0.714. The zero-order chi connectivity index (χ0) is 18.4. The summed E-state index contributed by atoms with van der Waals surface area (Å²) >= 11 is 0. The van der Waals surface area contributed by atoms with Crippen LogP contribution in [0.3, 0.4) is 0 Å². The second-order valence-electron chi connectivity index (χ2n) is 6.74. The molecule has 1 amide bonds. The normalized spacial score (nSPS) is 12.2. The minimum atomic E-state index is -3.45. The molecule has 2 rings (SSSR count). The van der Waals surface area contributed by atoms with E-state index in [0.717, 1.165) is 29.1 Å². The van der Waals surface area contributed by atoms with Crippen LogP contribution in [0.15, 0.2) is 30.5 Å². The Balaban J connectivity index is 1.97. The maximum absolute atomic E-state index is 12.0. The smallest absolute Gasteiger partial charge is 0.235 e. The lowest BCUT2D eigenvalue weighted by Crippen LogP contribution is -2.41. The van der Waals surface area contributed by atoms with Crippen LogP contribution in [0.25, 0.3) is 10.9 Å². The lowest BCUT2D eigenvalue weighted by molar-refractivity contribution is -0.121. The van der Waals surface area contributed by atoms with E-state index in [0.29, 0.717) is 18.9 Å². The van der Waals surface area contributed by atoms with Crippen LogP contribution >= 0.6 is 0 Å². The van der Waals surface area contributed by atoms with Crippen LogP contribution in [0.5, 0.6) is 0 Å². The van der Waals surface area contributed by atoms with Crippen molar-refractivity contribution in [1.82, 2.24) is 14.6 Å². The summed E-state index contributed by atoms with van der Waals surface area (Å²) in [6.45, 7) is 4.86. The van der Waals surface area contributed by atoms with Gasteiger partial charge in [-0.2, -0.15) is 4.31 Å². The van der Waals surface area contributed by atoms with Gasteiger partial charge >= 0.3 is 0 Å². The molecule has 1 aromatic carbocycles. The maximum Gasteiger partial charge on any atom is 0.235 e. The van der Waals surface area contributed by atoms with E-state index in [4.69, 9.17) is 0 Å². The molecule has 2 aromatic rings. The van der Waals surface area contributed by atoms with Crippen LogP contribution < -0.4 is 5.32 Å². The van der Waals surface area contributed by atoms with Gasteiger partial charge in [-0.3, -0.25) is 4.79 Å². The van der Waals surface area contributed by atoms with Crippen molar-refractivity contribution in [2.75, 3.05) is 25.9 Å². The van der Waals surface area contributed by atoms with E-state index in [1.165, 1.54) is 4.31 Å². The van der Waals surface area contributed by atoms with Crippen molar-refractivity contribution < 1.29 is 13.2 Å². The van der Waals surface area contributed by atoms with Gasteiger partial charge in [0.05, 0.1) is 12.8 Å². The molecular formula is C18H27N3O3S. The van der Waals surface area contributed by atoms with E-state index >= 15 is 0 Å². The summed E-state index contributed by atoms with van der Waals surface area (Å²) in [5, 5.41) is 3.87. The minimum absolute atomic E-state index is 0.140. The van der Waals surface area contributed by atoms with Gasteiger partial charge in [0, 0.05) is 30.2 Å². The van der Waals surface area contributed by atoms with Crippen molar-refractivity contribution in [2.45, 2.75) is 26.7 Å². The molecule has 1 heterocycles. The predicted octanol–water partition coefficient (Wildman–Crippen LogP) is 2.13. The van der Waals surface area contributed by atoms with Crippen molar-refractivity contribution in [1.29, 1.82) is 0 Å². The molecular weight excluding hydrogens is 338 g/mol. The highest BCUT2D eigenvalue weighted by atomic mass is 32.2. The van der Waals surface area contributed by atoms with Gasteiger partial charge in [0.2, 0.25) is 15.9 Å². The molecule has 25 heavy (non-hydrogen) atoms. The maximum atomic E-state index is 12.0. The number of sulfonamides is 1. The van der Waals surface area contributed by atoms with E-state index in [1.54, 1.807) is 0 Å². The number of hydrogen-bond acceptors (Lipinski definition) is 3. The summed E-state index contributed by atoms with van der Waals surface area (Å²) in [7, 11) is -3.45. The molecule has 6 nitrogen and oxygen atoms in total. The first kappa shape index (κ1) is 19.5. The Labute approximate surface area is 149 Å². The third-order valence-corrected chi connectivity index (χ3v) is 5.39. The number of benzene rings is 1. The minimum Gasteiger partial charge on any atom is -0.361 e. The second kappa shape index (κ2) is 8.49. The number of carbonyl (C=O) groups excluding carboxylic acids is 1. The Kier molecular flexibility index (Phi) is 6.61. The number of aromatic nitrogens is 1. The number of nitrogens with one attached hydrogen (secondary N) is 2. The Morgan fingerprint density at radius 2 is 2.00 bits per heavy atom. The SMILES string of the molecule is CC(C)CCNC(=O)CN(CCc1c[nH]c2ccccc12)S(C)(=O)=O. The molecule has 0 spiro atoms. The van der Waals surface area contributed by atoms with Gasteiger partial charge in [-0.05, 0) is 30.4 Å². The molecule has 0 saturated heterocycles. The van der Waals surface area contributed by atoms with Gasteiger partial charge in [0.25, 0.3) is 0 Å².